The summed E-state index contributed by atoms with van der Waals surface area (Å²) in [6.07, 6.45) is 3.27. The van der Waals surface area contributed by atoms with Gasteiger partial charge in [0.25, 0.3) is 0 Å². The van der Waals surface area contributed by atoms with Gasteiger partial charge in [0.2, 0.25) is 0 Å². The van der Waals surface area contributed by atoms with Crippen LogP contribution in [0.1, 0.15) is 19.3 Å². The Hall–Kier alpha value is -0.0800. The first kappa shape index (κ1) is 4.77. The summed E-state index contributed by atoms with van der Waals surface area (Å²) >= 11 is 0. The van der Waals surface area contributed by atoms with Crippen LogP contribution in [-0.4, -0.2) is 23.3 Å². The Kier molecular flexibility index (Phi) is 0.746. The zero-order valence-corrected chi connectivity index (χ0v) is 4.85. The average molecular weight is 113 g/mol. The lowest BCUT2D eigenvalue weighted by atomic mass is 9.68. The standard InChI is InChI=1S/C6H11NO/c8-5-3-6(4-5)1-2-7-6/h5,7-8H,1-4H2. The normalized spacial score (nSPS) is 52.9. The highest BCUT2D eigenvalue weighted by Gasteiger charge is 2.47. The maximum absolute atomic E-state index is 8.91. The van der Waals surface area contributed by atoms with E-state index in [0.29, 0.717) is 5.54 Å². The predicted octanol–water partition coefficient (Wildman–Crippen LogP) is -0.127. The summed E-state index contributed by atoms with van der Waals surface area (Å²) in [6, 6.07) is 0. The fourth-order valence-corrected chi connectivity index (χ4v) is 1.67. The van der Waals surface area contributed by atoms with Crippen LogP contribution in [0.25, 0.3) is 0 Å². The molecule has 1 saturated heterocycles. The largest absolute Gasteiger partial charge is 0.393 e. The molecular weight excluding hydrogens is 102 g/mol. The topological polar surface area (TPSA) is 32.3 Å². The van der Waals surface area contributed by atoms with Crippen LogP contribution in [0.4, 0.5) is 0 Å². The van der Waals surface area contributed by atoms with Gasteiger partial charge < -0.3 is 10.4 Å². The fourth-order valence-electron chi connectivity index (χ4n) is 1.67. The molecule has 46 valence electrons. The first-order valence-electron chi connectivity index (χ1n) is 3.24. The summed E-state index contributed by atoms with van der Waals surface area (Å²) in [4.78, 5) is 0. The quantitative estimate of drug-likeness (QED) is 0.459. The minimum atomic E-state index is 0.00259. The molecule has 2 rings (SSSR count). The molecule has 8 heavy (non-hydrogen) atoms. The molecule has 2 fully saturated rings. The van der Waals surface area contributed by atoms with E-state index in [-0.39, 0.29) is 6.10 Å². The summed E-state index contributed by atoms with van der Waals surface area (Å²) in [7, 11) is 0. The molecule has 2 N–H and O–H groups in total. The molecule has 0 atom stereocenters. The Balaban J connectivity index is 1.92. The van der Waals surface area contributed by atoms with Gasteiger partial charge in [0.1, 0.15) is 0 Å². The molecule has 0 bridgehead atoms. The maximum atomic E-state index is 8.91. The van der Waals surface area contributed by atoms with E-state index in [1.807, 2.05) is 0 Å². The minimum absolute atomic E-state index is 0.00259. The van der Waals surface area contributed by atoms with Gasteiger partial charge in [-0.1, -0.05) is 0 Å². The van der Waals surface area contributed by atoms with Crippen LogP contribution in [0.3, 0.4) is 0 Å². The van der Waals surface area contributed by atoms with E-state index < -0.39 is 0 Å². The summed E-state index contributed by atoms with van der Waals surface area (Å²) in [5.74, 6) is 0. The highest BCUT2D eigenvalue weighted by Crippen LogP contribution is 2.39. The average Bonchev–Trinajstić information content (AvgIpc) is 1.51. The lowest BCUT2D eigenvalue weighted by Gasteiger charge is -2.53. The Labute approximate surface area is 48.9 Å². The second-order valence-electron chi connectivity index (χ2n) is 3.02. The van der Waals surface area contributed by atoms with E-state index >= 15 is 0 Å². The molecule has 2 nitrogen and oxygen atoms in total. The zero-order chi connectivity index (χ0) is 5.61. The minimum Gasteiger partial charge on any atom is -0.393 e. The molecule has 0 unspecified atom stereocenters. The Morgan fingerprint density at radius 2 is 2.12 bits per heavy atom. The van der Waals surface area contributed by atoms with Crippen molar-refractivity contribution in [1.29, 1.82) is 0 Å². The van der Waals surface area contributed by atoms with Crippen LogP contribution in [0.2, 0.25) is 0 Å². The van der Waals surface area contributed by atoms with Gasteiger partial charge in [-0.2, -0.15) is 0 Å². The van der Waals surface area contributed by atoms with E-state index in [9.17, 15) is 0 Å². The fraction of sp³-hybridized carbons (Fsp3) is 1.00. The zero-order valence-electron chi connectivity index (χ0n) is 4.85. The van der Waals surface area contributed by atoms with E-state index in [0.717, 1.165) is 19.4 Å². The molecule has 1 aliphatic heterocycles. The lowest BCUT2D eigenvalue weighted by molar-refractivity contribution is -0.0337. The van der Waals surface area contributed by atoms with Gasteiger partial charge in [0, 0.05) is 5.54 Å². The van der Waals surface area contributed by atoms with Gasteiger partial charge >= 0.3 is 0 Å². The highest BCUT2D eigenvalue weighted by molar-refractivity contribution is 5.06. The summed E-state index contributed by atoms with van der Waals surface area (Å²) < 4.78 is 0. The van der Waals surface area contributed by atoms with Gasteiger partial charge in [-0.15, -0.1) is 0 Å². The van der Waals surface area contributed by atoms with Gasteiger partial charge in [-0.3, -0.25) is 0 Å². The maximum Gasteiger partial charge on any atom is 0.0575 e. The van der Waals surface area contributed by atoms with Crippen molar-refractivity contribution in [2.75, 3.05) is 6.54 Å². The van der Waals surface area contributed by atoms with Crippen LogP contribution in [0, 0.1) is 0 Å². The van der Waals surface area contributed by atoms with Crippen LogP contribution in [0.15, 0.2) is 0 Å². The number of aliphatic hydroxyl groups excluding tert-OH is 1. The van der Waals surface area contributed by atoms with Crippen LogP contribution < -0.4 is 5.32 Å². The number of hydrogen-bond donors (Lipinski definition) is 2. The SMILES string of the molecule is OC1CC2(CCN2)C1. The van der Waals surface area contributed by atoms with Crippen molar-refractivity contribution < 1.29 is 5.11 Å². The number of rotatable bonds is 0. The molecule has 1 heterocycles. The van der Waals surface area contributed by atoms with E-state index in [1.165, 1.54) is 6.42 Å². The molecule has 0 aromatic rings. The predicted molar refractivity (Wildman–Crippen MR) is 30.6 cm³/mol. The van der Waals surface area contributed by atoms with E-state index in [4.69, 9.17) is 5.11 Å². The molecule has 1 spiro atoms. The molecule has 0 aromatic heterocycles. The Morgan fingerprint density at radius 1 is 1.50 bits per heavy atom. The Morgan fingerprint density at radius 3 is 2.25 bits per heavy atom. The molecule has 1 aliphatic carbocycles. The molecular formula is C6H11NO. The molecule has 0 amide bonds. The number of hydrogen-bond acceptors (Lipinski definition) is 2. The monoisotopic (exact) mass is 113 g/mol. The van der Waals surface area contributed by atoms with Crippen molar-refractivity contribution >= 4 is 0 Å². The number of aliphatic hydroxyl groups is 1. The molecule has 2 aliphatic rings. The van der Waals surface area contributed by atoms with Crippen molar-refractivity contribution in [3.63, 3.8) is 0 Å². The van der Waals surface area contributed by atoms with Gasteiger partial charge in [-0.05, 0) is 25.8 Å². The number of nitrogens with one attached hydrogen (secondary N) is 1. The van der Waals surface area contributed by atoms with E-state index in [2.05, 4.69) is 5.32 Å². The summed E-state index contributed by atoms with van der Waals surface area (Å²) in [5, 5.41) is 12.2. The third-order valence-corrected chi connectivity index (χ3v) is 2.36. The van der Waals surface area contributed by atoms with Crippen molar-refractivity contribution in [2.45, 2.75) is 30.9 Å². The van der Waals surface area contributed by atoms with Crippen LogP contribution >= 0.6 is 0 Å². The smallest absolute Gasteiger partial charge is 0.0575 e. The third-order valence-electron chi connectivity index (χ3n) is 2.36. The summed E-state index contributed by atoms with van der Waals surface area (Å²) in [5.41, 5.74) is 0.416. The summed E-state index contributed by atoms with van der Waals surface area (Å²) in [6.45, 7) is 1.16. The van der Waals surface area contributed by atoms with Gasteiger partial charge in [0.05, 0.1) is 6.10 Å². The first-order valence-corrected chi connectivity index (χ1v) is 3.24. The van der Waals surface area contributed by atoms with Crippen LogP contribution in [-0.2, 0) is 0 Å². The van der Waals surface area contributed by atoms with Crippen molar-refractivity contribution in [2.24, 2.45) is 0 Å². The van der Waals surface area contributed by atoms with Gasteiger partial charge in [0.15, 0.2) is 0 Å². The second kappa shape index (κ2) is 1.25. The Bertz CT molecular complexity index is 101. The van der Waals surface area contributed by atoms with Crippen molar-refractivity contribution in [3.05, 3.63) is 0 Å². The van der Waals surface area contributed by atoms with Crippen molar-refractivity contribution in [3.8, 4) is 0 Å². The van der Waals surface area contributed by atoms with E-state index in [1.54, 1.807) is 0 Å². The molecule has 2 heteroatoms. The third kappa shape index (κ3) is 0.446. The molecule has 1 saturated carbocycles. The molecule has 0 aromatic carbocycles. The molecule has 0 radical (unpaired) electrons. The van der Waals surface area contributed by atoms with Crippen molar-refractivity contribution in [1.82, 2.24) is 5.32 Å². The lowest BCUT2D eigenvalue weighted by Crippen LogP contribution is -2.66. The van der Waals surface area contributed by atoms with Crippen LogP contribution in [0.5, 0.6) is 0 Å². The highest BCUT2D eigenvalue weighted by atomic mass is 16.3. The van der Waals surface area contributed by atoms with Gasteiger partial charge in [-0.25, -0.2) is 0 Å². The second-order valence-corrected chi connectivity index (χ2v) is 3.02. The first-order chi connectivity index (χ1) is 3.81.